The van der Waals surface area contributed by atoms with Crippen LogP contribution in [0.4, 0.5) is 10.5 Å². The Morgan fingerprint density at radius 2 is 1.87 bits per heavy atom. The van der Waals surface area contributed by atoms with Gasteiger partial charge in [-0.25, -0.2) is 0 Å². The molecule has 1 spiro atoms. The van der Waals surface area contributed by atoms with Gasteiger partial charge in [-0.05, 0) is 64.7 Å². The smallest absolute Gasteiger partial charge is 0.316 e. The first-order chi connectivity index (χ1) is 14.0. The van der Waals surface area contributed by atoms with Crippen LogP contribution in [0.3, 0.4) is 0 Å². The molecule has 3 atom stereocenters. The van der Waals surface area contributed by atoms with Gasteiger partial charge in [0.05, 0.1) is 6.04 Å². The van der Waals surface area contributed by atoms with Crippen LogP contribution >= 0.6 is 34.8 Å². The summed E-state index contributed by atoms with van der Waals surface area (Å²) < 4.78 is 0. The molecule has 2 heterocycles. The maximum Gasteiger partial charge on any atom is 0.316 e. The van der Waals surface area contributed by atoms with Gasteiger partial charge < -0.3 is 10.2 Å². The highest BCUT2D eigenvalue weighted by atomic mass is 35.5. The minimum atomic E-state index is -0.984. The van der Waals surface area contributed by atoms with E-state index < -0.39 is 16.8 Å². The summed E-state index contributed by atoms with van der Waals surface area (Å²) in [6.45, 7) is 6.79. The minimum absolute atomic E-state index is 0.0582. The van der Waals surface area contributed by atoms with Crippen LogP contribution < -0.4 is 5.32 Å². The van der Waals surface area contributed by atoms with Crippen molar-refractivity contribution in [2.75, 3.05) is 11.9 Å². The van der Waals surface area contributed by atoms with Gasteiger partial charge in [-0.15, -0.1) is 0 Å². The summed E-state index contributed by atoms with van der Waals surface area (Å²) in [5.41, 5.74) is 1.27. The highest BCUT2D eigenvalue weighted by Crippen LogP contribution is 2.60. The number of carbonyl (C=O) groups is 2. The lowest BCUT2D eigenvalue weighted by atomic mass is 9.63. The summed E-state index contributed by atoms with van der Waals surface area (Å²) in [4.78, 5) is 27.9. The molecule has 0 saturated carbocycles. The molecule has 2 aliphatic heterocycles. The third-order valence-corrected chi connectivity index (χ3v) is 6.79. The van der Waals surface area contributed by atoms with E-state index >= 15 is 0 Å². The quantitative estimate of drug-likeness (QED) is 0.398. The maximum atomic E-state index is 13.7. The van der Waals surface area contributed by atoms with Crippen molar-refractivity contribution in [1.29, 1.82) is 0 Å². The molecule has 7 heteroatoms. The fourth-order valence-corrected chi connectivity index (χ4v) is 5.76. The van der Waals surface area contributed by atoms with E-state index in [-0.39, 0.29) is 17.2 Å². The van der Waals surface area contributed by atoms with Gasteiger partial charge in [0.15, 0.2) is 0 Å². The number of likely N-dealkylation sites (tertiary alicyclic amines) is 1. The van der Waals surface area contributed by atoms with Crippen LogP contribution in [0.15, 0.2) is 42.5 Å². The van der Waals surface area contributed by atoms with Crippen LogP contribution in [0, 0.1) is 11.3 Å². The first kappa shape index (κ1) is 21.5. The SMILES string of the molecule is CC(C)(C)CC1CN(C(=O)Cl)C(c2cccc(Cl)c2)C12C(=O)Nc1cc(Cl)ccc12. The molecule has 2 aromatic rings. The third-order valence-electron chi connectivity index (χ3n) is 6.10. The molecule has 4 rings (SSSR count). The van der Waals surface area contributed by atoms with Crippen LogP contribution in [0.5, 0.6) is 0 Å². The fraction of sp³-hybridized carbons (Fsp3) is 0.391. The topological polar surface area (TPSA) is 49.4 Å². The zero-order valence-corrected chi connectivity index (χ0v) is 19.3. The van der Waals surface area contributed by atoms with Crippen LogP contribution in [0.2, 0.25) is 10.0 Å². The van der Waals surface area contributed by atoms with Crippen LogP contribution in [0.25, 0.3) is 0 Å². The number of nitrogens with zero attached hydrogens (tertiary/aromatic N) is 1. The maximum absolute atomic E-state index is 13.7. The van der Waals surface area contributed by atoms with E-state index in [1.807, 2.05) is 24.3 Å². The van der Waals surface area contributed by atoms with Crippen molar-refractivity contribution in [1.82, 2.24) is 4.90 Å². The van der Waals surface area contributed by atoms with E-state index in [0.717, 1.165) is 17.5 Å². The molecule has 2 amide bonds. The molecule has 1 N–H and O–H groups in total. The van der Waals surface area contributed by atoms with Crippen LogP contribution in [0.1, 0.15) is 44.4 Å². The third kappa shape index (κ3) is 3.39. The Morgan fingerprint density at radius 3 is 2.50 bits per heavy atom. The normalized spacial score (nSPS) is 25.5. The number of hydrogen-bond donors (Lipinski definition) is 1. The summed E-state index contributed by atoms with van der Waals surface area (Å²) >= 11 is 18.6. The van der Waals surface area contributed by atoms with Crippen molar-refractivity contribution < 1.29 is 9.59 Å². The minimum Gasteiger partial charge on any atom is -0.325 e. The average molecular weight is 466 g/mol. The van der Waals surface area contributed by atoms with Crippen molar-refractivity contribution in [3.63, 3.8) is 0 Å². The van der Waals surface area contributed by atoms with Crippen molar-refractivity contribution in [3.05, 3.63) is 63.6 Å². The number of carbonyl (C=O) groups excluding carboxylic acids is 2. The molecule has 3 unspecified atom stereocenters. The Labute approximate surface area is 191 Å². The number of anilines is 1. The lowest BCUT2D eigenvalue weighted by molar-refractivity contribution is -0.123. The second-order valence-electron chi connectivity index (χ2n) is 9.34. The van der Waals surface area contributed by atoms with E-state index in [1.165, 1.54) is 0 Å². The van der Waals surface area contributed by atoms with Gasteiger partial charge in [0, 0.05) is 22.3 Å². The highest BCUT2D eigenvalue weighted by molar-refractivity contribution is 6.62. The van der Waals surface area contributed by atoms with Gasteiger partial charge >= 0.3 is 5.37 Å². The van der Waals surface area contributed by atoms with Crippen LogP contribution in [-0.4, -0.2) is 22.7 Å². The highest BCUT2D eigenvalue weighted by Gasteiger charge is 2.64. The van der Waals surface area contributed by atoms with Gasteiger partial charge in [0.2, 0.25) is 5.91 Å². The Bertz CT molecular complexity index is 1030. The molecule has 2 aliphatic rings. The zero-order chi connectivity index (χ0) is 21.8. The van der Waals surface area contributed by atoms with E-state index in [1.54, 1.807) is 23.1 Å². The van der Waals surface area contributed by atoms with Gasteiger partial charge in [0.25, 0.3) is 0 Å². The second kappa shape index (κ2) is 7.44. The zero-order valence-electron chi connectivity index (χ0n) is 17.0. The largest absolute Gasteiger partial charge is 0.325 e. The van der Waals surface area contributed by atoms with Gasteiger partial charge in [-0.3, -0.25) is 9.59 Å². The van der Waals surface area contributed by atoms with Crippen molar-refractivity contribution >= 4 is 51.8 Å². The number of halogens is 3. The summed E-state index contributed by atoms with van der Waals surface area (Å²) in [5.74, 6) is -0.272. The number of fused-ring (bicyclic) bond motifs is 2. The van der Waals surface area contributed by atoms with Crippen LogP contribution in [-0.2, 0) is 10.2 Å². The summed E-state index contributed by atoms with van der Waals surface area (Å²) in [7, 11) is 0. The number of hydrogen-bond acceptors (Lipinski definition) is 2. The van der Waals surface area contributed by atoms with Gasteiger partial charge in [0.1, 0.15) is 5.41 Å². The summed E-state index contributed by atoms with van der Waals surface area (Å²) in [6, 6.07) is 12.2. The Hall–Kier alpha value is -1.75. The molecule has 0 radical (unpaired) electrons. The summed E-state index contributed by atoms with van der Waals surface area (Å²) in [6.07, 6.45) is 0.736. The molecule has 4 nitrogen and oxygen atoms in total. The fourth-order valence-electron chi connectivity index (χ4n) is 5.22. The Morgan fingerprint density at radius 1 is 1.17 bits per heavy atom. The number of rotatable bonds is 2. The van der Waals surface area contributed by atoms with Gasteiger partial charge in [-0.2, -0.15) is 0 Å². The predicted octanol–water partition coefficient (Wildman–Crippen LogP) is 6.65. The van der Waals surface area contributed by atoms with E-state index in [9.17, 15) is 9.59 Å². The molecule has 2 aromatic carbocycles. The van der Waals surface area contributed by atoms with Crippen molar-refractivity contribution in [2.45, 2.75) is 38.6 Å². The molecule has 0 aromatic heterocycles. The van der Waals surface area contributed by atoms with Gasteiger partial charge in [-0.1, -0.05) is 62.2 Å². The molecule has 158 valence electrons. The molecule has 0 aliphatic carbocycles. The molecule has 1 saturated heterocycles. The Kier molecular flexibility index (Phi) is 5.32. The molecular weight excluding hydrogens is 443 g/mol. The van der Waals surface area contributed by atoms with E-state index in [0.29, 0.717) is 22.3 Å². The molecular formula is C23H23Cl3N2O2. The standard InChI is InChI=1S/C23H23Cl3N2O2/c1-22(2,3)11-14-12-28(21(26)30)19(13-5-4-6-15(24)9-13)23(14)17-8-7-16(25)10-18(17)27-20(23)29/h4-10,14,19H,11-12H2,1-3H3,(H,27,29). The van der Waals surface area contributed by atoms with Crippen molar-refractivity contribution in [3.8, 4) is 0 Å². The van der Waals surface area contributed by atoms with Crippen molar-refractivity contribution in [2.24, 2.45) is 11.3 Å². The average Bonchev–Trinajstić information content (AvgIpc) is 3.10. The number of nitrogens with one attached hydrogen (secondary N) is 1. The van der Waals surface area contributed by atoms with E-state index in [4.69, 9.17) is 34.8 Å². The molecule has 30 heavy (non-hydrogen) atoms. The molecule has 1 fully saturated rings. The van der Waals surface area contributed by atoms with E-state index in [2.05, 4.69) is 26.1 Å². The second-order valence-corrected chi connectivity index (χ2v) is 10.5. The summed E-state index contributed by atoms with van der Waals surface area (Å²) in [5, 5.41) is 3.53. The first-order valence-corrected chi connectivity index (χ1v) is 11.0. The monoisotopic (exact) mass is 464 g/mol. The first-order valence-electron chi connectivity index (χ1n) is 9.87. The number of amides is 2. The number of benzene rings is 2. The lowest BCUT2D eigenvalue weighted by Crippen LogP contribution is -2.45. The predicted molar refractivity (Wildman–Crippen MR) is 121 cm³/mol. The lowest BCUT2D eigenvalue weighted by Gasteiger charge is -2.38. The Balaban J connectivity index is 2.00. The molecule has 0 bridgehead atoms.